The second-order valence-corrected chi connectivity index (χ2v) is 7.44. The van der Waals surface area contributed by atoms with Crippen molar-refractivity contribution in [2.45, 2.75) is 26.2 Å². The average molecular weight is 370 g/mol. The van der Waals surface area contributed by atoms with Crippen LogP contribution >= 0.6 is 0 Å². The number of benzene rings is 1. The first-order valence-corrected chi connectivity index (χ1v) is 9.34. The van der Waals surface area contributed by atoms with Crippen molar-refractivity contribution in [3.63, 3.8) is 0 Å². The van der Waals surface area contributed by atoms with Crippen molar-refractivity contribution in [3.8, 4) is 0 Å². The van der Waals surface area contributed by atoms with Crippen molar-refractivity contribution < 1.29 is 18.4 Å². The molecule has 2 amide bonds. The molecule has 1 saturated carbocycles. The van der Waals surface area contributed by atoms with Gasteiger partial charge in [0.05, 0.1) is 5.56 Å². The number of carbonyl (C=O) groups is 2. The van der Waals surface area contributed by atoms with Crippen LogP contribution in [0.5, 0.6) is 0 Å². The lowest BCUT2D eigenvalue weighted by Gasteiger charge is -2.35. The van der Waals surface area contributed by atoms with Crippen LogP contribution in [0.4, 0.5) is 4.39 Å². The van der Waals surface area contributed by atoms with Gasteiger partial charge in [-0.25, -0.2) is 4.39 Å². The lowest BCUT2D eigenvalue weighted by molar-refractivity contribution is -0.134. The second-order valence-electron chi connectivity index (χ2n) is 7.44. The summed E-state index contributed by atoms with van der Waals surface area (Å²) in [5, 5.41) is 0. The molecule has 5 nitrogen and oxygen atoms in total. The molecule has 6 heteroatoms. The summed E-state index contributed by atoms with van der Waals surface area (Å²) in [5.41, 5.74) is 1.63. The normalized spacial score (nSPS) is 22.0. The highest BCUT2D eigenvalue weighted by atomic mass is 19.1. The van der Waals surface area contributed by atoms with Crippen molar-refractivity contribution in [1.82, 2.24) is 9.80 Å². The van der Waals surface area contributed by atoms with E-state index in [-0.39, 0.29) is 29.5 Å². The standard InChI is InChI=1S/C21H23FN2O3/c1-13-11-17(14(2)27-13)20(25)23-7-9-24(10-8-23)21(26)19-12-18(19)15-3-5-16(22)6-4-15/h3-6,11,18-19H,7-10,12H2,1-2H3/t18-,19+/m0/s1. The summed E-state index contributed by atoms with van der Waals surface area (Å²) in [5.74, 6) is 1.39. The molecule has 1 saturated heterocycles. The highest BCUT2D eigenvalue weighted by molar-refractivity contribution is 5.95. The molecule has 2 atom stereocenters. The number of furan rings is 1. The summed E-state index contributed by atoms with van der Waals surface area (Å²) in [4.78, 5) is 29.0. The molecule has 0 radical (unpaired) electrons. The van der Waals surface area contributed by atoms with Gasteiger partial charge in [0.25, 0.3) is 5.91 Å². The van der Waals surface area contributed by atoms with Crippen LogP contribution < -0.4 is 0 Å². The molecule has 0 spiro atoms. The Morgan fingerprint density at radius 1 is 1.04 bits per heavy atom. The first kappa shape index (κ1) is 17.8. The third-order valence-electron chi connectivity index (χ3n) is 5.56. The maximum atomic E-state index is 13.1. The zero-order chi connectivity index (χ0) is 19.1. The van der Waals surface area contributed by atoms with E-state index in [0.29, 0.717) is 37.5 Å². The van der Waals surface area contributed by atoms with E-state index in [9.17, 15) is 14.0 Å². The highest BCUT2D eigenvalue weighted by Gasteiger charge is 2.46. The maximum Gasteiger partial charge on any atom is 0.257 e. The van der Waals surface area contributed by atoms with Crippen LogP contribution in [-0.4, -0.2) is 47.8 Å². The van der Waals surface area contributed by atoms with Crippen molar-refractivity contribution in [2.24, 2.45) is 5.92 Å². The first-order chi connectivity index (χ1) is 12.9. The monoisotopic (exact) mass is 370 g/mol. The van der Waals surface area contributed by atoms with Crippen LogP contribution in [0.15, 0.2) is 34.7 Å². The Morgan fingerprint density at radius 2 is 1.67 bits per heavy atom. The number of amides is 2. The largest absolute Gasteiger partial charge is 0.466 e. The molecule has 0 unspecified atom stereocenters. The molecular weight excluding hydrogens is 347 g/mol. The Kier molecular flexibility index (Phi) is 4.50. The fourth-order valence-electron chi connectivity index (χ4n) is 3.92. The van der Waals surface area contributed by atoms with E-state index in [1.165, 1.54) is 12.1 Å². The molecule has 2 fully saturated rings. The summed E-state index contributed by atoms with van der Waals surface area (Å²) < 4.78 is 18.5. The van der Waals surface area contributed by atoms with E-state index in [2.05, 4.69) is 0 Å². The number of hydrogen-bond acceptors (Lipinski definition) is 3. The number of carbonyl (C=O) groups excluding carboxylic acids is 2. The number of aryl methyl sites for hydroxylation is 2. The lowest BCUT2D eigenvalue weighted by Crippen LogP contribution is -2.51. The number of nitrogens with zero attached hydrogens (tertiary/aromatic N) is 2. The first-order valence-electron chi connectivity index (χ1n) is 9.34. The molecule has 2 aliphatic rings. The third kappa shape index (κ3) is 3.48. The van der Waals surface area contributed by atoms with Gasteiger partial charge < -0.3 is 14.2 Å². The molecule has 142 valence electrons. The topological polar surface area (TPSA) is 53.8 Å². The minimum atomic E-state index is -0.258. The zero-order valence-electron chi connectivity index (χ0n) is 15.6. The average Bonchev–Trinajstić information content (AvgIpc) is 3.39. The van der Waals surface area contributed by atoms with Crippen molar-refractivity contribution in [3.05, 3.63) is 58.8 Å². The molecular formula is C21H23FN2O3. The van der Waals surface area contributed by atoms with Gasteiger partial charge in [-0.05, 0) is 49.9 Å². The minimum absolute atomic E-state index is 0.0171. The van der Waals surface area contributed by atoms with E-state index < -0.39 is 0 Å². The smallest absolute Gasteiger partial charge is 0.257 e. The van der Waals surface area contributed by atoms with Crippen LogP contribution in [0.25, 0.3) is 0 Å². The Bertz CT molecular complexity index is 866. The van der Waals surface area contributed by atoms with E-state index in [4.69, 9.17) is 4.42 Å². The molecule has 1 aromatic heterocycles. The Labute approximate surface area is 157 Å². The van der Waals surface area contributed by atoms with E-state index >= 15 is 0 Å². The number of halogens is 1. The van der Waals surface area contributed by atoms with Gasteiger partial charge in [-0.2, -0.15) is 0 Å². The van der Waals surface area contributed by atoms with Gasteiger partial charge in [0.2, 0.25) is 5.91 Å². The highest BCUT2D eigenvalue weighted by Crippen LogP contribution is 2.48. The fourth-order valence-corrected chi connectivity index (χ4v) is 3.92. The van der Waals surface area contributed by atoms with Gasteiger partial charge in [0.15, 0.2) is 0 Å². The molecule has 1 aromatic carbocycles. The Balaban J connectivity index is 1.33. The number of rotatable bonds is 3. The van der Waals surface area contributed by atoms with Crippen LogP contribution in [0.2, 0.25) is 0 Å². The molecule has 1 aliphatic carbocycles. The predicted molar refractivity (Wildman–Crippen MR) is 97.9 cm³/mol. The van der Waals surface area contributed by atoms with Crippen molar-refractivity contribution in [2.75, 3.05) is 26.2 Å². The molecule has 0 bridgehead atoms. The quantitative estimate of drug-likeness (QED) is 0.834. The van der Waals surface area contributed by atoms with Crippen molar-refractivity contribution >= 4 is 11.8 Å². The van der Waals surface area contributed by atoms with E-state index in [1.54, 1.807) is 30.0 Å². The Morgan fingerprint density at radius 3 is 2.26 bits per heavy atom. The van der Waals surface area contributed by atoms with E-state index in [0.717, 1.165) is 17.7 Å². The molecule has 1 aliphatic heterocycles. The second kappa shape index (κ2) is 6.83. The number of piperazine rings is 1. The van der Waals surface area contributed by atoms with Gasteiger partial charge in [-0.15, -0.1) is 0 Å². The van der Waals surface area contributed by atoms with Crippen molar-refractivity contribution in [1.29, 1.82) is 0 Å². The van der Waals surface area contributed by atoms with Crippen LogP contribution in [0, 0.1) is 25.6 Å². The summed E-state index contributed by atoms with van der Waals surface area (Å²) >= 11 is 0. The molecule has 4 rings (SSSR count). The molecule has 27 heavy (non-hydrogen) atoms. The van der Waals surface area contributed by atoms with Crippen LogP contribution in [-0.2, 0) is 4.79 Å². The van der Waals surface area contributed by atoms with Crippen LogP contribution in [0.1, 0.15) is 39.8 Å². The molecule has 2 heterocycles. The van der Waals surface area contributed by atoms with Gasteiger partial charge in [-0.1, -0.05) is 12.1 Å². The molecule has 2 aromatic rings. The SMILES string of the molecule is Cc1cc(C(=O)N2CCN(C(=O)[C@@H]3C[C@H]3c3ccc(F)cc3)CC2)c(C)o1. The summed E-state index contributed by atoms with van der Waals surface area (Å²) in [6.07, 6.45) is 0.817. The zero-order valence-corrected chi connectivity index (χ0v) is 15.6. The lowest BCUT2D eigenvalue weighted by atomic mass is 10.1. The van der Waals surface area contributed by atoms with Gasteiger partial charge >= 0.3 is 0 Å². The minimum Gasteiger partial charge on any atom is -0.466 e. The maximum absolute atomic E-state index is 13.1. The van der Waals surface area contributed by atoms with Gasteiger partial charge in [-0.3, -0.25) is 9.59 Å². The summed E-state index contributed by atoms with van der Waals surface area (Å²) in [6.45, 7) is 5.78. The van der Waals surface area contributed by atoms with E-state index in [1.807, 2.05) is 11.8 Å². The van der Waals surface area contributed by atoms with Gasteiger partial charge in [0.1, 0.15) is 17.3 Å². The molecule has 0 N–H and O–H groups in total. The third-order valence-corrected chi connectivity index (χ3v) is 5.56. The number of hydrogen-bond donors (Lipinski definition) is 0. The predicted octanol–water partition coefficient (Wildman–Crippen LogP) is 3.12. The van der Waals surface area contributed by atoms with Gasteiger partial charge in [0, 0.05) is 32.1 Å². The van der Waals surface area contributed by atoms with Crippen LogP contribution in [0.3, 0.4) is 0 Å². The Hall–Kier alpha value is -2.63. The fraction of sp³-hybridized carbons (Fsp3) is 0.429. The summed E-state index contributed by atoms with van der Waals surface area (Å²) in [6, 6.07) is 8.18. The summed E-state index contributed by atoms with van der Waals surface area (Å²) in [7, 11) is 0.